The van der Waals surface area contributed by atoms with Crippen LogP contribution in [0.4, 0.5) is 4.79 Å². The quantitative estimate of drug-likeness (QED) is 0.0265. The molecule has 25 heteroatoms. The van der Waals surface area contributed by atoms with Crippen LogP contribution in [0.3, 0.4) is 0 Å². The number of hydrogen-bond acceptors (Lipinski definition) is 16. The van der Waals surface area contributed by atoms with Gasteiger partial charge >= 0.3 is 29.9 Å². The number of urea groups is 1. The number of carbonyl (C=O) groups excluding carboxylic acids is 5. The van der Waals surface area contributed by atoms with Crippen LogP contribution in [0, 0.1) is 0 Å². The summed E-state index contributed by atoms with van der Waals surface area (Å²) < 4.78 is 11.4. The van der Waals surface area contributed by atoms with Gasteiger partial charge in [-0.2, -0.15) is 5.10 Å². The number of rotatable bonds is 28. The molecule has 1 aliphatic heterocycles. The molecular formula is C41H60N10O15. The molecule has 8 N–H and O–H groups in total. The third-order valence-electron chi connectivity index (χ3n) is 10.3. The first-order valence-corrected chi connectivity index (χ1v) is 21.3. The van der Waals surface area contributed by atoms with Gasteiger partial charge in [0.2, 0.25) is 11.8 Å². The highest BCUT2D eigenvalue weighted by Crippen LogP contribution is 2.16. The summed E-state index contributed by atoms with van der Waals surface area (Å²) >= 11 is 0. The fraction of sp³-hybridized carbons (Fsp3) is 0.561. The number of benzene rings is 1. The lowest BCUT2D eigenvalue weighted by Gasteiger charge is -2.32. The molecule has 1 aromatic heterocycles. The summed E-state index contributed by atoms with van der Waals surface area (Å²) in [5, 5.41) is 51.8. The Kier molecular flexibility index (Phi) is 24.1. The summed E-state index contributed by atoms with van der Waals surface area (Å²) in [5.41, 5.74) is 1.46. The van der Waals surface area contributed by atoms with Crippen molar-refractivity contribution < 1.29 is 73.1 Å². The molecule has 25 nitrogen and oxygen atoms in total. The van der Waals surface area contributed by atoms with E-state index in [0.29, 0.717) is 57.6 Å². The zero-order valence-corrected chi connectivity index (χ0v) is 36.5. The SMILES string of the molecule is O=COCN1CCN(CC(=O)O)CCN(CC(=O)O)CCN(CC(=O)NCc2cnn([C@@H](Cc3ccccc3)C(=O)NCCCC[C@H](NC(=O)N[C@@H](CCC(=O)O)C(=O)O)OC=O)c2)CC1. The minimum Gasteiger partial charge on any atom is -0.481 e. The van der Waals surface area contributed by atoms with Crippen LogP contribution in [-0.2, 0) is 60.8 Å². The van der Waals surface area contributed by atoms with E-state index in [2.05, 4.69) is 26.4 Å². The van der Waals surface area contributed by atoms with E-state index < -0.39 is 54.6 Å². The number of nitrogens with zero attached hydrogens (tertiary/aromatic N) is 6. The maximum absolute atomic E-state index is 13.6. The average molecular weight is 933 g/mol. The van der Waals surface area contributed by atoms with Crippen molar-refractivity contribution in [1.82, 2.24) is 50.6 Å². The second kappa shape index (κ2) is 29.7. The number of hydrogen-bond donors (Lipinski definition) is 8. The minimum absolute atomic E-state index is 0.0415. The molecule has 2 aromatic rings. The second-order valence-electron chi connectivity index (χ2n) is 15.4. The number of carbonyl (C=O) groups is 9. The molecule has 3 atom stereocenters. The van der Waals surface area contributed by atoms with Crippen molar-refractivity contribution in [2.24, 2.45) is 0 Å². The lowest BCUT2D eigenvalue weighted by atomic mass is 10.1. The van der Waals surface area contributed by atoms with Gasteiger partial charge in [0.05, 0.1) is 25.8 Å². The Labute approximate surface area is 380 Å². The molecule has 1 aliphatic rings. The van der Waals surface area contributed by atoms with Gasteiger partial charge in [-0.25, -0.2) is 9.59 Å². The predicted octanol–water partition coefficient (Wildman–Crippen LogP) is -1.79. The maximum Gasteiger partial charge on any atom is 0.326 e. The minimum atomic E-state index is -1.48. The van der Waals surface area contributed by atoms with Gasteiger partial charge in [-0.1, -0.05) is 30.3 Å². The summed E-state index contributed by atoms with van der Waals surface area (Å²) in [7, 11) is 0. The zero-order valence-electron chi connectivity index (χ0n) is 36.5. The summed E-state index contributed by atoms with van der Waals surface area (Å²) in [4.78, 5) is 114. The smallest absolute Gasteiger partial charge is 0.326 e. The standard InChI is InChI=1S/C41H60N10O15/c52-28-65-27-50-18-16-47(12-13-48(25-37(57)58)14-15-49(17-19-50)26-38(59)60)24-34(54)43-21-31-22-44-51(23-31)33(20-30-6-2-1-3-7-30)39(61)42-11-5-4-8-35(66-29-53)46-41(64)45-32(40(62)63)9-10-36(55)56/h1-3,6-7,22-23,28-29,32-33,35H,4-5,8-21,24-27H2,(H,42,61)(H,43,54)(H,55,56)(H,57,58)(H,59,60)(H,62,63)(H2,45,46,64)/t32-,33-,35+/m0/s1. The molecular weight excluding hydrogens is 873 g/mol. The van der Waals surface area contributed by atoms with Gasteiger partial charge in [-0.15, -0.1) is 0 Å². The van der Waals surface area contributed by atoms with Crippen molar-refractivity contribution in [2.45, 2.75) is 63.4 Å². The van der Waals surface area contributed by atoms with E-state index in [-0.39, 0.29) is 96.6 Å². The van der Waals surface area contributed by atoms with Crippen LogP contribution in [0.1, 0.15) is 49.3 Å². The number of aliphatic carboxylic acids is 4. The third kappa shape index (κ3) is 21.8. The summed E-state index contributed by atoms with van der Waals surface area (Å²) in [5.74, 6) is -5.43. The number of ether oxygens (including phenoxy) is 2. The van der Waals surface area contributed by atoms with Crippen LogP contribution < -0.4 is 21.3 Å². The van der Waals surface area contributed by atoms with Crippen molar-refractivity contribution in [3.05, 3.63) is 53.9 Å². The molecule has 1 fully saturated rings. The van der Waals surface area contributed by atoms with E-state index in [1.807, 2.05) is 40.1 Å². The Morgan fingerprint density at radius 3 is 1.86 bits per heavy atom. The molecule has 1 aromatic carbocycles. The van der Waals surface area contributed by atoms with Crippen LogP contribution in [0.25, 0.3) is 0 Å². The third-order valence-corrected chi connectivity index (χ3v) is 10.3. The Hall–Kier alpha value is -6.70. The van der Waals surface area contributed by atoms with Crippen molar-refractivity contribution >= 4 is 54.7 Å². The summed E-state index contributed by atoms with van der Waals surface area (Å²) in [6.45, 7) is 2.62. The molecule has 364 valence electrons. The number of amides is 4. The van der Waals surface area contributed by atoms with E-state index in [1.54, 1.807) is 16.0 Å². The first-order chi connectivity index (χ1) is 31.6. The molecule has 0 aliphatic carbocycles. The van der Waals surface area contributed by atoms with E-state index in [1.165, 1.54) is 10.9 Å². The van der Waals surface area contributed by atoms with Crippen LogP contribution >= 0.6 is 0 Å². The maximum atomic E-state index is 13.6. The van der Waals surface area contributed by atoms with Crippen molar-refractivity contribution in [3.63, 3.8) is 0 Å². The molecule has 3 rings (SSSR count). The van der Waals surface area contributed by atoms with E-state index >= 15 is 0 Å². The molecule has 1 saturated heterocycles. The van der Waals surface area contributed by atoms with Gasteiger partial charge in [0.25, 0.3) is 12.9 Å². The van der Waals surface area contributed by atoms with E-state index in [0.717, 1.165) is 5.56 Å². The molecule has 0 unspecified atom stereocenters. The van der Waals surface area contributed by atoms with Gasteiger partial charge in [0.1, 0.15) is 18.8 Å². The van der Waals surface area contributed by atoms with Gasteiger partial charge < -0.3 is 51.2 Å². The number of carboxylic acids is 4. The van der Waals surface area contributed by atoms with Crippen LogP contribution in [0.5, 0.6) is 0 Å². The highest BCUT2D eigenvalue weighted by molar-refractivity contribution is 5.83. The van der Waals surface area contributed by atoms with Gasteiger partial charge in [0, 0.05) is 96.5 Å². The predicted molar refractivity (Wildman–Crippen MR) is 229 cm³/mol. The molecule has 2 heterocycles. The second-order valence-corrected chi connectivity index (χ2v) is 15.4. The van der Waals surface area contributed by atoms with E-state index in [4.69, 9.17) is 14.6 Å². The van der Waals surface area contributed by atoms with Gasteiger partial charge in [0.15, 0.2) is 6.23 Å². The van der Waals surface area contributed by atoms with Crippen molar-refractivity contribution in [1.29, 1.82) is 0 Å². The Balaban J connectivity index is 1.60. The Morgan fingerprint density at radius 1 is 0.697 bits per heavy atom. The number of carboxylic acid groups (broad SMARTS) is 4. The Morgan fingerprint density at radius 2 is 1.30 bits per heavy atom. The van der Waals surface area contributed by atoms with Crippen molar-refractivity contribution in [2.75, 3.05) is 85.3 Å². The lowest BCUT2D eigenvalue weighted by molar-refractivity contribution is -0.141. The lowest BCUT2D eigenvalue weighted by Crippen LogP contribution is -2.49. The normalized spacial score (nSPS) is 15.9. The van der Waals surface area contributed by atoms with Crippen LogP contribution in [0.2, 0.25) is 0 Å². The van der Waals surface area contributed by atoms with E-state index in [9.17, 15) is 58.5 Å². The molecule has 0 spiro atoms. The van der Waals surface area contributed by atoms with Crippen LogP contribution in [-0.4, -0.2) is 202 Å². The summed E-state index contributed by atoms with van der Waals surface area (Å²) in [6, 6.07) is 6.00. The summed E-state index contributed by atoms with van der Waals surface area (Å²) in [6.07, 6.45) is 2.34. The first-order valence-electron chi connectivity index (χ1n) is 21.3. The molecule has 66 heavy (non-hydrogen) atoms. The first kappa shape index (κ1) is 53.6. The van der Waals surface area contributed by atoms with Crippen molar-refractivity contribution in [3.8, 4) is 0 Å². The number of unbranched alkanes of at least 4 members (excludes halogenated alkanes) is 1. The highest BCUT2D eigenvalue weighted by atomic mass is 16.5. The average Bonchev–Trinajstić information content (AvgIpc) is 3.74. The topological polar surface area (TPSA) is 332 Å². The van der Waals surface area contributed by atoms with Gasteiger partial charge in [-0.05, 0) is 24.8 Å². The molecule has 4 amide bonds. The molecule has 0 saturated carbocycles. The highest BCUT2D eigenvalue weighted by Gasteiger charge is 2.25. The number of aromatic nitrogens is 2. The Bertz CT molecular complexity index is 1890. The molecule has 0 bridgehead atoms. The van der Waals surface area contributed by atoms with Gasteiger partial charge in [-0.3, -0.25) is 57.8 Å². The largest absolute Gasteiger partial charge is 0.481 e. The zero-order chi connectivity index (χ0) is 48.3. The fourth-order valence-electron chi connectivity index (χ4n) is 6.84. The number of nitrogens with one attached hydrogen (secondary N) is 4. The van der Waals surface area contributed by atoms with Crippen LogP contribution in [0.15, 0.2) is 42.7 Å². The fourth-order valence-corrected chi connectivity index (χ4v) is 6.84. The molecule has 0 radical (unpaired) electrons. The monoisotopic (exact) mass is 932 g/mol.